The zero-order valence-corrected chi connectivity index (χ0v) is 37.4. The van der Waals surface area contributed by atoms with Crippen molar-refractivity contribution in [2.45, 2.75) is 92.2 Å². The van der Waals surface area contributed by atoms with Crippen molar-refractivity contribution < 1.29 is 25.3 Å². The van der Waals surface area contributed by atoms with Gasteiger partial charge in [0.05, 0.1) is 37.6 Å². The first-order valence-corrected chi connectivity index (χ1v) is 21.0. The number of aromatic amines is 1. The van der Waals surface area contributed by atoms with Crippen molar-refractivity contribution in [1.82, 2.24) is 50.2 Å². The Morgan fingerprint density at radius 2 is 1.36 bits per heavy atom. The van der Waals surface area contributed by atoms with Crippen LogP contribution in [0.15, 0.2) is 73.1 Å². The molecule has 6 aromatic rings. The van der Waals surface area contributed by atoms with Crippen molar-refractivity contribution >= 4 is 58.0 Å². The van der Waals surface area contributed by atoms with Gasteiger partial charge in [-0.1, -0.05) is 61.3 Å². The molecule has 5 heterocycles. The molecule has 4 aromatic heterocycles. The molecule has 3 N–H and O–H groups in total. The summed E-state index contributed by atoms with van der Waals surface area (Å²) in [6, 6.07) is 16.5. The van der Waals surface area contributed by atoms with E-state index in [9.17, 15) is 19.2 Å². The Kier molecular flexibility index (Phi) is 16.3. The first-order valence-electron chi connectivity index (χ1n) is 21.0. The molecule has 1 aliphatic rings. The molecule has 2 aromatic carbocycles. The number of H-pyrrole nitrogens is 1. The fraction of sp³-hybridized carbons (Fsp3) is 0.333. The maximum atomic E-state index is 12.8. The minimum atomic E-state index is -0.363. The summed E-state index contributed by atoms with van der Waals surface area (Å²) in [5.41, 5.74) is 4.84. The van der Waals surface area contributed by atoms with Crippen molar-refractivity contribution in [3.05, 3.63) is 129 Å². The number of Topliss-reactive ketones (excluding diaryl/α,β-unsaturated/α-hetero) is 2. The monoisotopic (exact) mass is 907 g/mol. The number of amides is 2. The van der Waals surface area contributed by atoms with Crippen LogP contribution in [0, 0.1) is 13.1 Å². The molecule has 19 heteroatoms. The van der Waals surface area contributed by atoms with E-state index < -0.39 is 0 Å². The van der Waals surface area contributed by atoms with Gasteiger partial charge in [-0.3, -0.25) is 33.6 Å². The number of benzene rings is 2. The summed E-state index contributed by atoms with van der Waals surface area (Å²) in [5, 5.41) is 26.3. The SMILES string of the molecule is [2H]CC.[C-]#[N+]c1ccc(-c2ccn(C[C@H](C)NC(=O)c3cc(C(C)=O)n(C4CCCCO4)n3)n2)cc1Cl.[C-]#[N+]c1ccc(-c2ccn(C[C@H](C)NC(=O)c3cc(C(C)=O)n[nH]3)n2)cc1Cl. The fourth-order valence-electron chi connectivity index (χ4n) is 6.52. The highest BCUT2D eigenvalue weighted by Crippen LogP contribution is 2.31. The molecule has 0 bridgehead atoms. The van der Waals surface area contributed by atoms with E-state index in [-0.39, 0.29) is 58.8 Å². The average Bonchev–Trinajstić information content (AvgIpc) is 4.12. The number of ether oxygens (including phenoxy) is 1. The van der Waals surface area contributed by atoms with E-state index in [2.05, 4.69) is 45.8 Å². The van der Waals surface area contributed by atoms with E-state index in [4.69, 9.17) is 42.5 Å². The van der Waals surface area contributed by atoms with Gasteiger partial charge in [0, 0.05) is 73.5 Å². The van der Waals surface area contributed by atoms with Crippen molar-refractivity contribution in [2.24, 2.45) is 0 Å². The number of halogens is 2. The molecule has 0 spiro atoms. The van der Waals surface area contributed by atoms with Gasteiger partial charge in [0.1, 0.15) is 17.1 Å². The first kappa shape index (κ1) is 46.6. The number of carbonyl (C=O) groups is 4. The molecule has 1 aliphatic heterocycles. The van der Waals surface area contributed by atoms with Gasteiger partial charge in [0.15, 0.2) is 23.5 Å². The molecule has 17 nitrogen and oxygen atoms in total. The molecule has 7 rings (SSSR count). The highest BCUT2D eigenvalue weighted by Gasteiger charge is 2.25. The largest absolute Gasteiger partial charge is 0.356 e. The van der Waals surface area contributed by atoms with Crippen LogP contribution >= 0.6 is 23.2 Å². The van der Waals surface area contributed by atoms with Crippen molar-refractivity contribution in [3.8, 4) is 22.5 Å². The molecular formula is C45H48Cl2N12O5. The maximum Gasteiger partial charge on any atom is 0.272 e. The van der Waals surface area contributed by atoms with Crippen LogP contribution in [0.5, 0.6) is 0 Å². The lowest BCUT2D eigenvalue weighted by molar-refractivity contribution is -0.0406. The van der Waals surface area contributed by atoms with Gasteiger partial charge in [0.25, 0.3) is 11.8 Å². The predicted octanol–water partition coefficient (Wildman–Crippen LogP) is 9.20. The van der Waals surface area contributed by atoms with Crippen LogP contribution in [0.25, 0.3) is 32.2 Å². The molecule has 3 atom stereocenters. The third-order valence-corrected chi connectivity index (χ3v) is 10.2. The van der Waals surface area contributed by atoms with Crippen molar-refractivity contribution in [2.75, 3.05) is 6.61 Å². The van der Waals surface area contributed by atoms with E-state index in [0.717, 1.165) is 36.1 Å². The Bertz CT molecular complexity index is 2720. The summed E-state index contributed by atoms with van der Waals surface area (Å²) in [4.78, 5) is 55.2. The zero-order chi connectivity index (χ0) is 47.2. The highest BCUT2D eigenvalue weighted by atomic mass is 35.5. The van der Waals surface area contributed by atoms with Crippen LogP contribution in [-0.4, -0.2) is 81.6 Å². The van der Waals surface area contributed by atoms with Crippen LogP contribution in [0.2, 0.25) is 10.0 Å². The summed E-state index contributed by atoms with van der Waals surface area (Å²) in [6.07, 6.45) is 6.02. The summed E-state index contributed by atoms with van der Waals surface area (Å²) in [5.74, 6) is -1.08. The second-order valence-electron chi connectivity index (χ2n) is 14.6. The van der Waals surface area contributed by atoms with Gasteiger partial charge in [-0.25, -0.2) is 14.4 Å². The quantitative estimate of drug-likeness (QED) is 0.0749. The number of nitrogens with one attached hydrogen (secondary N) is 3. The Morgan fingerprint density at radius 3 is 1.81 bits per heavy atom. The van der Waals surface area contributed by atoms with Crippen molar-refractivity contribution in [1.29, 1.82) is 0 Å². The minimum Gasteiger partial charge on any atom is -0.356 e. The lowest BCUT2D eigenvalue weighted by Crippen LogP contribution is -2.36. The number of rotatable bonds is 13. The van der Waals surface area contributed by atoms with Crippen LogP contribution in [0.4, 0.5) is 11.4 Å². The first-order chi connectivity index (χ1) is 31.1. The summed E-state index contributed by atoms with van der Waals surface area (Å²) >= 11 is 12.2. The number of aromatic nitrogens is 8. The smallest absolute Gasteiger partial charge is 0.272 e. The van der Waals surface area contributed by atoms with Gasteiger partial charge < -0.3 is 15.4 Å². The van der Waals surface area contributed by atoms with Gasteiger partial charge in [-0.2, -0.15) is 20.4 Å². The number of hydrogen-bond acceptors (Lipinski definition) is 9. The molecule has 0 aliphatic carbocycles. The van der Waals surface area contributed by atoms with E-state index in [1.807, 2.05) is 32.2 Å². The van der Waals surface area contributed by atoms with Gasteiger partial charge >= 0.3 is 0 Å². The third-order valence-electron chi connectivity index (χ3n) is 9.63. The molecule has 0 radical (unpaired) electrons. The second-order valence-corrected chi connectivity index (χ2v) is 15.4. The summed E-state index contributed by atoms with van der Waals surface area (Å²) in [6.45, 7) is 24.5. The highest BCUT2D eigenvalue weighted by molar-refractivity contribution is 6.34. The summed E-state index contributed by atoms with van der Waals surface area (Å²) < 4.78 is 16.9. The molecule has 0 saturated carbocycles. The fourth-order valence-corrected chi connectivity index (χ4v) is 6.97. The number of hydrogen-bond donors (Lipinski definition) is 3. The Morgan fingerprint density at radius 1 is 0.812 bits per heavy atom. The topological polar surface area (TPSA) is 192 Å². The van der Waals surface area contributed by atoms with E-state index in [1.54, 1.807) is 58.9 Å². The Labute approximate surface area is 382 Å². The normalized spacial score (nSPS) is 14.2. The molecule has 332 valence electrons. The molecule has 64 heavy (non-hydrogen) atoms. The van der Waals surface area contributed by atoms with Gasteiger partial charge in [-0.05, 0) is 63.4 Å². The lowest BCUT2D eigenvalue weighted by atomic mass is 10.1. The number of nitrogens with zero attached hydrogens (tertiary/aromatic N) is 9. The lowest BCUT2D eigenvalue weighted by Gasteiger charge is -2.24. The van der Waals surface area contributed by atoms with Crippen molar-refractivity contribution in [3.63, 3.8) is 0 Å². The third kappa shape index (κ3) is 12.4. The van der Waals surface area contributed by atoms with Crippen LogP contribution in [-0.2, 0) is 17.8 Å². The molecule has 1 fully saturated rings. The summed E-state index contributed by atoms with van der Waals surface area (Å²) in [7, 11) is 0. The minimum absolute atomic E-state index is 0.164. The average molecular weight is 909 g/mol. The standard InChI is InChI=1S/C24H25ClN6O3.C19H17ClN6O2.C2H6/c1-15(14-30-10-9-19(28-30)17-7-8-20(26-3)18(25)12-17)27-24(33)21-13-22(16(2)32)31(29-21)23-6-4-5-11-34-23;1-11(22-19(28)18-9-17(12(2)27)23-24-18)10-26-7-6-15(25-26)13-4-5-16(21-3)14(20)8-13;1-2/h7-10,12-13,15,23H,4-6,11,14H2,1-2H3,(H,27,33);4-9,11H,10H2,1-2H3,(H,22,28)(H,23,24);1-2H3/t15-,23?;11-;/m00./s1/i;;1D. The maximum absolute atomic E-state index is 12.8. The molecular weight excluding hydrogens is 859 g/mol. The van der Waals surface area contributed by atoms with Gasteiger partial charge in [0.2, 0.25) is 11.4 Å². The molecule has 1 unspecified atom stereocenters. The van der Waals surface area contributed by atoms with E-state index in [0.29, 0.717) is 59.4 Å². The number of ketones is 2. The Hall–Kier alpha value is -6.92. The van der Waals surface area contributed by atoms with E-state index >= 15 is 0 Å². The Balaban J connectivity index is 0.000000234. The predicted molar refractivity (Wildman–Crippen MR) is 243 cm³/mol. The second kappa shape index (κ2) is 22.4. The molecule has 1 saturated heterocycles. The van der Waals surface area contributed by atoms with Crippen LogP contribution in [0.1, 0.15) is 110 Å². The number of carbonyl (C=O) groups excluding carboxylic acids is 4. The van der Waals surface area contributed by atoms with E-state index in [1.165, 1.54) is 30.7 Å². The van der Waals surface area contributed by atoms with Crippen LogP contribution in [0.3, 0.4) is 0 Å². The molecule has 2 amide bonds. The van der Waals surface area contributed by atoms with Gasteiger partial charge in [-0.15, -0.1) is 0 Å². The zero-order valence-electron chi connectivity index (χ0n) is 36.9. The van der Waals surface area contributed by atoms with Crippen LogP contribution < -0.4 is 10.6 Å².